The van der Waals surface area contributed by atoms with E-state index in [0.29, 0.717) is 28.9 Å². The van der Waals surface area contributed by atoms with Crippen molar-refractivity contribution in [3.8, 4) is 5.75 Å². The average molecular weight is 389 g/mol. The lowest BCUT2D eigenvalue weighted by molar-refractivity contribution is 0.0520. The summed E-state index contributed by atoms with van der Waals surface area (Å²) in [5.41, 5.74) is 0.450. The van der Waals surface area contributed by atoms with Gasteiger partial charge in [0.25, 0.3) is 0 Å². The third-order valence-electron chi connectivity index (χ3n) is 3.89. The first-order valence-electron chi connectivity index (χ1n) is 8.54. The minimum absolute atomic E-state index is 0.0744. The number of ether oxygens (including phenoxy) is 2. The van der Waals surface area contributed by atoms with Crippen LogP contribution in [0.25, 0.3) is 0 Å². The molecular formula is C18H26Cl2N2O3. The number of fused-ring (bicyclic) bond motifs is 1. The minimum atomic E-state index is -0.508. The first-order valence-corrected chi connectivity index (χ1v) is 9.30. The molecule has 1 heterocycles. The molecule has 5 nitrogen and oxygen atoms in total. The van der Waals surface area contributed by atoms with E-state index >= 15 is 0 Å². The minimum Gasteiger partial charge on any atom is -0.492 e. The molecule has 1 aromatic rings. The molecule has 2 atom stereocenters. The number of carbonyl (C=O) groups is 1. The summed E-state index contributed by atoms with van der Waals surface area (Å²) in [6.07, 6.45) is 1.26. The van der Waals surface area contributed by atoms with Crippen LogP contribution in [0.15, 0.2) is 12.1 Å². The van der Waals surface area contributed by atoms with Gasteiger partial charge in [0.15, 0.2) is 0 Å². The number of nitrogens with one attached hydrogen (secondary N) is 2. The molecule has 2 rings (SSSR count). The van der Waals surface area contributed by atoms with Gasteiger partial charge in [0.2, 0.25) is 0 Å². The van der Waals surface area contributed by atoms with Crippen LogP contribution in [0.5, 0.6) is 5.75 Å². The van der Waals surface area contributed by atoms with Gasteiger partial charge in [-0.05, 0) is 39.3 Å². The fourth-order valence-electron chi connectivity index (χ4n) is 2.73. The molecule has 0 spiro atoms. The molecule has 0 saturated carbocycles. The normalized spacial score (nSPS) is 18.1. The molecule has 2 unspecified atom stereocenters. The molecule has 0 saturated heterocycles. The molecule has 1 aliphatic rings. The molecular weight excluding hydrogens is 363 g/mol. The van der Waals surface area contributed by atoms with Crippen molar-refractivity contribution in [2.45, 2.75) is 58.2 Å². The quantitative estimate of drug-likeness (QED) is 0.766. The number of carbonyl (C=O) groups excluding carboxylic acids is 1. The van der Waals surface area contributed by atoms with Gasteiger partial charge in [0.05, 0.1) is 11.6 Å². The molecule has 1 aromatic carbocycles. The van der Waals surface area contributed by atoms with Crippen LogP contribution < -0.4 is 15.4 Å². The predicted molar refractivity (Wildman–Crippen MR) is 101 cm³/mol. The van der Waals surface area contributed by atoms with Crippen molar-refractivity contribution in [1.29, 1.82) is 0 Å². The lowest BCUT2D eigenvalue weighted by Gasteiger charge is -2.31. The molecule has 2 N–H and O–H groups in total. The van der Waals surface area contributed by atoms with Crippen LogP contribution in [0.1, 0.15) is 52.1 Å². The standard InChI is InChI=1S/C18H26Cl2N2O3/c1-5-12(10-21-17(23)25-18(2,3)4)22-15-6-7-24-16-13(15)8-11(19)9-14(16)20/h8-9,12,15,22H,5-7,10H2,1-4H3,(H,21,23). The van der Waals surface area contributed by atoms with Crippen LogP contribution in [-0.2, 0) is 4.74 Å². The van der Waals surface area contributed by atoms with Crippen molar-refractivity contribution >= 4 is 29.3 Å². The Morgan fingerprint density at radius 2 is 2.12 bits per heavy atom. The molecule has 140 valence electrons. The Balaban J connectivity index is 2.00. The van der Waals surface area contributed by atoms with Gasteiger partial charge in [0, 0.05) is 35.6 Å². The largest absolute Gasteiger partial charge is 0.492 e. The SMILES string of the molecule is CCC(CNC(=O)OC(C)(C)C)NC1CCOc2c(Cl)cc(Cl)cc21. The molecule has 0 aromatic heterocycles. The molecule has 1 aliphatic heterocycles. The van der Waals surface area contributed by atoms with Gasteiger partial charge in [-0.25, -0.2) is 4.79 Å². The summed E-state index contributed by atoms with van der Waals surface area (Å²) in [7, 11) is 0. The van der Waals surface area contributed by atoms with Gasteiger partial charge in [-0.3, -0.25) is 0 Å². The Labute approximate surface area is 159 Å². The van der Waals surface area contributed by atoms with E-state index < -0.39 is 11.7 Å². The predicted octanol–water partition coefficient (Wildman–Crippen LogP) is 4.71. The van der Waals surface area contributed by atoms with E-state index in [1.807, 2.05) is 26.8 Å². The maximum atomic E-state index is 11.8. The third kappa shape index (κ3) is 5.94. The van der Waals surface area contributed by atoms with Crippen LogP contribution in [0.3, 0.4) is 0 Å². The van der Waals surface area contributed by atoms with Crippen molar-refractivity contribution in [3.05, 3.63) is 27.7 Å². The molecule has 0 bridgehead atoms. The van der Waals surface area contributed by atoms with E-state index in [1.54, 1.807) is 6.07 Å². The Morgan fingerprint density at radius 1 is 1.40 bits per heavy atom. The molecule has 1 amide bonds. The van der Waals surface area contributed by atoms with Crippen LogP contribution >= 0.6 is 23.2 Å². The van der Waals surface area contributed by atoms with Crippen molar-refractivity contribution in [1.82, 2.24) is 10.6 Å². The number of hydrogen-bond donors (Lipinski definition) is 2. The first-order chi connectivity index (χ1) is 11.7. The van der Waals surface area contributed by atoms with Crippen LogP contribution in [0, 0.1) is 0 Å². The number of alkyl carbamates (subject to hydrolysis) is 1. The Morgan fingerprint density at radius 3 is 2.76 bits per heavy atom. The van der Waals surface area contributed by atoms with E-state index in [2.05, 4.69) is 17.6 Å². The van der Waals surface area contributed by atoms with Crippen LogP contribution in [0.4, 0.5) is 4.79 Å². The number of amides is 1. The van der Waals surface area contributed by atoms with E-state index in [1.165, 1.54) is 0 Å². The maximum absolute atomic E-state index is 11.8. The average Bonchev–Trinajstić information content (AvgIpc) is 2.50. The summed E-state index contributed by atoms with van der Waals surface area (Å²) < 4.78 is 11.0. The van der Waals surface area contributed by atoms with Gasteiger partial charge < -0.3 is 20.1 Å². The highest BCUT2D eigenvalue weighted by Gasteiger charge is 2.26. The second kappa shape index (κ2) is 8.47. The van der Waals surface area contributed by atoms with Gasteiger partial charge in [-0.1, -0.05) is 30.1 Å². The molecule has 0 aliphatic carbocycles. The van der Waals surface area contributed by atoms with Gasteiger partial charge in [-0.15, -0.1) is 0 Å². The van der Waals surface area contributed by atoms with Crippen molar-refractivity contribution < 1.29 is 14.3 Å². The van der Waals surface area contributed by atoms with Crippen molar-refractivity contribution in [3.63, 3.8) is 0 Å². The Bertz CT molecular complexity index is 617. The highest BCUT2D eigenvalue weighted by Crippen LogP contribution is 2.40. The van der Waals surface area contributed by atoms with Gasteiger partial charge in [0.1, 0.15) is 11.4 Å². The second-order valence-corrected chi connectivity index (χ2v) is 7.99. The molecule has 7 heteroatoms. The van der Waals surface area contributed by atoms with Crippen LogP contribution in [0.2, 0.25) is 10.0 Å². The number of benzene rings is 1. The Hall–Kier alpha value is -1.17. The zero-order valence-electron chi connectivity index (χ0n) is 15.1. The topological polar surface area (TPSA) is 59.6 Å². The first kappa shape index (κ1) is 20.1. The zero-order valence-corrected chi connectivity index (χ0v) is 16.6. The lowest BCUT2D eigenvalue weighted by atomic mass is 9.99. The number of halogens is 2. The van der Waals surface area contributed by atoms with Gasteiger partial charge >= 0.3 is 6.09 Å². The monoisotopic (exact) mass is 388 g/mol. The fourth-order valence-corrected chi connectivity index (χ4v) is 3.29. The van der Waals surface area contributed by atoms with Crippen LogP contribution in [-0.4, -0.2) is 30.9 Å². The van der Waals surface area contributed by atoms with Gasteiger partial charge in [-0.2, -0.15) is 0 Å². The molecule has 0 radical (unpaired) electrons. The molecule has 0 fully saturated rings. The third-order valence-corrected chi connectivity index (χ3v) is 4.39. The summed E-state index contributed by atoms with van der Waals surface area (Å²) >= 11 is 12.4. The number of rotatable bonds is 5. The van der Waals surface area contributed by atoms with E-state index in [-0.39, 0.29) is 12.1 Å². The van der Waals surface area contributed by atoms with E-state index in [9.17, 15) is 4.79 Å². The zero-order chi connectivity index (χ0) is 18.6. The molecule has 25 heavy (non-hydrogen) atoms. The summed E-state index contributed by atoms with van der Waals surface area (Å²) in [5, 5.41) is 7.49. The highest BCUT2D eigenvalue weighted by atomic mass is 35.5. The fraction of sp³-hybridized carbons (Fsp3) is 0.611. The summed E-state index contributed by atoms with van der Waals surface area (Å²) in [6.45, 7) is 8.66. The second-order valence-electron chi connectivity index (χ2n) is 7.15. The smallest absolute Gasteiger partial charge is 0.407 e. The van der Waals surface area contributed by atoms with Crippen molar-refractivity contribution in [2.75, 3.05) is 13.2 Å². The number of hydrogen-bond acceptors (Lipinski definition) is 4. The summed E-state index contributed by atoms with van der Waals surface area (Å²) in [5.74, 6) is 0.685. The van der Waals surface area contributed by atoms with E-state index in [0.717, 1.165) is 18.4 Å². The summed E-state index contributed by atoms with van der Waals surface area (Å²) in [4.78, 5) is 11.8. The summed E-state index contributed by atoms with van der Waals surface area (Å²) in [6, 6.07) is 3.74. The highest BCUT2D eigenvalue weighted by molar-refractivity contribution is 6.35. The van der Waals surface area contributed by atoms with Crippen molar-refractivity contribution in [2.24, 2.45) is 0 Å². The lowest BCUT2D eigenvalue weighted by Crippen LogP contribution is -2.44. The maximum Gasteiger partial charge on any atom is 0.407 e. The Kier molecular flexibility index (Phi) is 6.83. The van der Waals surface area contributed by atoms with E-state index in [4.69, 9.17) is 32.7 Å².